The first-order chi connectivity index (χ1) is 7.62. The Morgan fingerprint density at radius 1 is 1.41 bits per heavy atom. The highest BCUT2D eigenvalue weighted by Gasteiger charge is 2.52. The van der Waals surface area contributed by atoms with Crippen molar-refractivity contribution >= 4 is 10.0 Å². The summed E-state index contributed by atoms with van der Waals surface area (Å²) >= 11 is 0. The van der Waals surface area contributed by atoms with Gasteiger partial charge in [0.1, 0.15) is 10.6 Å². The van der Waals surface area contributed by atoms with E-state index in [-0.39, 0.29) is 5.03 Å². The zero-order valence-corrected chi connectivity index (χ0v) is 10.1. The van der Waals surface area contributed by atoms with Gasteiger partial charge in [0.25, 0.3) is 10.0 Å². The van der Waals surface area contributed by atoms with Gasteiger partial charge in [-0.15, -0.1) is 0 Å². The lowest BCUT2D eigenvalue weighted by molar-refractivity contribution is -0.186. The van der Waals surface area contributed by atoms with Gasteiger partial charge in [-0.25, -0.2) is 8.42 Å². The third kappa shape index (κ3) is 2.81. The maximum Gasteiger partial charge on any atom is 0.407 e. The molecular formula is C9H13F3N2O2S. The number of H-pyrrole nitrogens is 1. The van der Waals surface area contributed by atoms with Gasteiger partial charge in [0.2, 0.25) is 0 Å². The number of alkyl halides is 3. The van der Waals surface area contributed by atoms with E-state index in [4.69, 9.17) is 0 Å². The Balaban J connectivity index is 3.06. The van der Waals surface area contributed by atoms with Gasteiger partial charge in [-0.2, -0.15) is 17.9 Å². The van der Waals surface area contributed by atoms with Crippen molar-refractivity contribution in [3.63, 3.8) is 0 Å². The Labute approximate surface area is 97.3 Å². The molecule has 0 aliphatic heterocycles. The van der Waals surface area contributed by atoms with Crippen LogP contribution in [0.1, 0.15) is 20.3 Å². The summed E-state index contributed by atoms with van der Waals surface area (Å²) in [6.07, 6.45) is -3.72. The summed E-state index contributed by atoms with van der Waals surface area (Å²) in [5.74, 6) is 0. The molecule has 1 heterocycles. The lowest BCUT2D eigenvalue weighted by atomic mass is 10.0. The second-order valence-corrected chi connectivity index (χ2v) is 5.47. The molecule has 0 fully saturated rings. The molecule has 0 amide bonds. The van der Waals surface area contributed by atoms with Crippen molar-refractivity contribution in [2.24, 2.45) is 0 Å². The van der Waals surface area contributed by atoms with Crippen LogP contribution in [-0.2, 0) is 10.0 Å². The molecule has 1 unspecified atom stereocenters. The van der Waals surface area contributed by atoms with Crippen LogP contribution in [0.4, 0.5) is 13.2 Å². The molecule has 1 rings (SSSR count). The van der Waals surface area contributed by atoms with E-state index in [2.05, 4.69) is 4.98 Å². The van der Waals surface area contributed by atoms with Crippen LogP contribution in [0.15, 0.2) is 23.4 Å². The number of hydrogen-bond acceptors (Lipinski definition) is 2. The molecule has 1 atom stereocenters. The Hall–Kier alpha value is -1.02. The number of aromatic nitrogens is 1. The van der Waals surface area contributed by atoms with Gasteiger partial charge in [0.15, 0.2) is 0 Å². The summed E-state index contributed by atoms with van der Waals surface area (Å²) < 4.78 is 63.2. The predicted molar refractivity (Wildman–Crippen MR) is 55.9 cm³/mol. The zero-order valence-electron chi connectivity index (χ0n) is 9.30. The van der Waals surface area contributed by atoms with E-state index in [9.17, 15) is 21.6 Å². The van der Waals surface area contributed by atoms with Crippen molar-refractivity contribution in [3.8, 4) is 0 Å². The molecule has 0 saturated carbocycles. The van der Waals surface area contributed by atoms with Crippen molar-refractivity contribution in [1.82, 2.24) is 9.71 Å². The summed E-state index contributed by atoms with van der Waals surface area (Å²) in [5, 5.41) is -0.290. The molecule has 98 valence electrons. The quantitative estimate of drug-likeness (QED) is 0.879. The van der Waals surface area contributed by atoms with Gasteiger partial charge in [0, 0.05) is 6.20 Å². The van der Waals surface area contributed by atoms with Crippen LogP contribution in [0.2, 0.25) is 0 Å². The summed E-state index contributed by atoms with van der Waals surface area (Å²) in [6, 6.07) is 2.58. The Kier molecular flexibility index (Phi) is 3.58. The molecule has 2 N–H and O–H groups in total. The summed E-state index contributed by atoms with van der Waals surface area (Å²) in [7, 11) is -4.20. The third-order valence-corrected chi connectivity index (χ3v) is 4.10. The van der Waals surface area contributed by atoms with E-state index in [1.807, 2.05) is 0 Å². The minimum absolute atomic E-state index is 0.290. The van der Waals surface area contributed by atoms with E-state index in [0.29, 0.717) is 0 Å². The van der Waals surface area contributed by atoms with Gasteiger partial charge < -0.3 is 4.98 Å². The molecule has 8 heteroatoms. The van der Waals surface area contributed by atoms with Gasteiger partial charge in [-0.3, -0.25) is 0 Å². The van der Waals surface area contributed by atoms with Crippen molar-refractivity contribution in [1.29, 1.82) is 0 Å². The molecule has 4 nitrogen and oxygen atoms in total. The molecule has 0 aromatic carbocycles. The molecule has 0 spiro atoms. The van der Waals surface area contributed by atoms with E-state index in [1.54, 1.807) is 4.72 Å². The number of hydrogen-bond donors (Lipinski definition) is 2. The Bertz CT molecular complexity index is 467. The highest BCUT2D eigenvalue weighted by Crippen LogP contribution is 2.33. The highest BCUT2D eigenvalue weighted by molar-refractivity contribution is 7.89. The lowest BCUT2D eigenvalue weighted by Crippen LogP contribution is -2.56. The number of halogens is 3. The number of aromatic amines is 1. The fraction of sp³-hybridized carbons (Fsp3) is 0.556. The van der Waals surface area contributed by atoms with Gasteiger partial charge in [0.05, 0.1) is 0 Å². The predicted octanol–water partition coefficient (Wildman–Crippen LogP) is 2.02. The summed E-state index contributed by atoms with van der Waals surface area (Å²) in [5.41, 5.74) is -2.48. The summed E-state index contributed by atoms with van der Waals surface area (Å²) in [4.78, 5) is 2.36. The van der Waals surface area contributed by atoms with E-state index in [1.165, 1.54) is 25.3 Å². The topological polar surface area (TPSA) is 62.0 Å². The van der Waals surface area contributed by atoms with Crippen LogP contribution < -0.4 is 4.72 Å². The number of nitrogens with one attached hydrogen (secondary N) is 2. The van der Waals surface area contributed by atoms with E-state index < -0.39 is 28.2 Å². The highest BCUT2D eigenvalue weighted by atomic mass is 32.2. The van der Waals surface area contributed by atoms with Gasteiger partial charge >= 0.3 is 6.18 Å². The Morgan fingerprint density at radius 2 is 2.00 bits per heavy atom. The molecular weight excluding hydrogens is 257 g/mol. The second-order valence-electron chi connectivity index (χ2n) is 3.82. The second kappa shape index (κ2) is 4.34. The van der Waals surface area contributed by atoms with Gasteiger partial charge in [-0.1, -0.05) is 6.92 Å². The standard InChI is InChI=1S/C9H13F3N2O2S/c1-3-8(2,9(10,11)12)14-17(15,16)7-5-4-6-13-7/h4-6,13-14H,3H2,1-2H3. The SMILES string of the molecule is CCC(C)(NS(=O)(=O)c1ccc[nH]1)C(F)(F)F. The van der Waals surface area contributed by atoms with Crippen molar-refractivity contribution in [2.45, 2.75) is 37.0 Å². The maximum atomic E-state index is 12.7. The van der Waals surface area contributed by atoms with Gasteiger partial charge in [-0.05, 0) is 25.5 Å². The molecule has 0 radical (unpaired) electrons. The maximum absolute atomic E-state index is 12.7. The van der Waals surface area contributed by atoms with Crippen LogP contribution in [0.3, 0.4) is 0 Å². The fourth-order valence-electron chi connectivity index (χ4n) is 1.16. The molecule has 1 aromatic rings. The first kappa shape index (κ1) is 14.0. The van der Waals surface area contributed by atoms with Crippen LogP contribution in [0.5, 0.6) is 0 Å². The van der Waals surface area contributed by atoms with Crippen LogP contribution in [-0.4, -0.2) is 25.1 Å². The van der Waals surface area contributed by atoms with Crippen LogP contribution >= 0.6 is 0 Å². The van der Waals surface area contributed by atoms with Crippen LogP contribution in [0, 0.1) is 0 Å². The average molecular weight is 270 g/mol. The fourth-order valence-corrected chi connectivity index (χ4v) is 2.61. The molecule has 17 heavy (non-hydrogen) atoms. The van der Waals surface area contributed by atoms with E-state index in [0.717, 1.165) is 6.92 Å². The monoisotopic (exact) mass is 270 g/mol. The van der Waals surface area contributed by atoms with E-state index >= 15 is 0 Å². The molecule has 0 saturated heterocycles. The average Bonchev–Trinajstić information content (AvgIpc) is 2.68. The minimum atomic E-state index is -4.65. The molecule has 0 bridgehead atoms. The molecule has 1 aromatic heterocycles. The smallest absolute Gasteiger partial charge is 0.351 e. The molecule has 0 aliphatic rings. The van der Waals surface area contributed by atoms with Crippen molar-refractivity contribution in [2.75, 3.05) is 0 Å². The number of sulfonamides is 1. The van der Waals surface area contributed by atoms with Crippen LogP contribution in [0.25, 0.3) is 0 Å². The van der Waals surface area contributed by atoms with Crippen molar-refractivity contribution < 1.29 is 21.6 Å². The molecule has 0 aliphatic carbocycles. The normalized spacial score (nSPS) is 16.8. The first-order valence-electron chi connectivity index (χ1n) is 4.86. The van der Waals surface area contributed by atoms with Crippen molar-refractivity contribution in [3.05, 3.63) is 18.3 Å². The Morgan fingerprint density at radius 3 is 2.35 bits per heavy atom. The number of rotatable bonds is 4. The summed E-state index contributed by atoms with van der Waals surface area (Å²) in [6.45, 7) is 2.08. The largest absolute Gasteiger partial charge is 0.407 e. The minimum Gasteiger partial charge on any atom is -0.351 e. The first-order valence-corrected chi connectivity index (χ1v) is 6.35. The lowest BCUT2D eigenvalue weighted by Gasteiger charge is -2.31. The zero-order chi connectivity index (χ0) is 13.3. The third-order valence-electron chi connectivity index (χ3n) is 2.55.